The van der Waals surface area contributed by atoms with Crippen molar-refractivity contribution in [2.75, 3.05) is 14.1 Å². The van der Waals surface area contributed by atoms with E-state index in [4.69, 9.17) is 0 Å². The Morgan fingerprint density at radius 1 is 1.45 bits per heavy atom. The van der Waals surface area contributed by atoms with E-state index in [1.165, 1.54) is 0 Å². The Bertz CT molecular complexity index is 142. The van der Waals surface area contributed by atoms with Crippen LogP contribution in [0.25, 0.3) is 0 Å². The summed E-state index contributed by atoms with van der Waals surface area (Å²) in [7, 11) is 3.92. The summed E-state index contributed by atoms with van der Waals surface area (Å²) < 4.78 is 0. The third-order valence-electron chi connectivity index (χ3n) is 1.72. The molecule has 0 aromatic rings. The van der Waals surface area contributed by atoms with Gasteiger partial charge in [-0.1, -0.05) is 20.4 Å². The number of nitrogens with zero attached hydrogens (tertiary/aromatic N) is 1. The largest absolute Gasteiger partial charge is 0.302 e. The predicted molar refractivity (Wildman–Crippen MR) is 47.5 cm³/mol. The third-order valence-corrected chi connectivity index (χ3v) is 1.72. The van der Waals surface area contributed by atoms with Crippen molar-refractivity contribution in [3.63, 3.8) is 0 Å². The number of aldehydes is 1. The van der Waals surface area contributed by atoms with Gasteiger partial charge in [-0.05, 0) is 20.0 Å². The molecule has 1 atom stereocenters. The van der Waals surface area contributed by atoms with Gasteiger partial charge in [0.05, 0.1) is 0 Å². The van der Waals surface area contributed by atoms with Crippen LogP contribution in [-0.2, 0) is 4.79 Å². The van der Waals surface area contributed by atoms with Crippen LogP contribution in [0.15, 0.2) is 12.2 Å². The van der Waals surface area contributed by atoms with Crippen LogP contribution >= 0.6 is 0 Å². The maximum absolute atomic E-state index is 10.4. The number of hydrogen-bond acceptors (Lipinski definition) is 2. The summed E-state index contributed by atoms with van der Waals surface area (Å²) >= 11 is 0. The molecule has 0 aliphatic heterocycles. The number of likely N-dealkylation sites (N-methyl/N-ethyl adjacent to an activating group) is 1. The summed E-state index contributed by atoms with van der Waals surface area (Å²) in [5.74, 6) is 0.433. The first-order valence-electron chi connectivity index (χ1n) is 3.81. The van der Waals surface area contributed by atoms with E-state index < -0.39 is 0 Å². The van der Waals surface area contributed by atoms with Crippen LogP contribution < -0.4 is 0 Å². The van der Waals surface area contributed by atoms with Crippen LogP contribution in [0.3, 0.4) is 0 Å². The second-order valence-electron chi connectivity index (χ2n) is 3.35. The molecule has 0 saturated carbocycles. The molecule has 0 bridgehead atoms. The van der Waals surface area contributed by atoms with Gasteiger partial charge in [0.25, 0.3) is 0 Å². The molecule has 0 aliphatic rings. The molecule has 1 unspecified atom stereocenters. The zero-order valence-electron chi connectivity index (χ0n) is 7.79. The van der Waals surface area contributed by atoms with Crippen LogP contribution in [0.4, 0.5) is 0 Å². The second kappa shape index (κ2) is 4.29. The molecule has 0 heterocycles. The normalized spacial score (nSPS) is 13.6. The van der Waals surface area contributed by atoms with Gasteiger partial charge in [0.1, 0.15) is 6.29 Å². The lowest BCUT2D eigenvalue weighted by Crippen LogP contribution is -2.34. The average molecular weight is 155 g/mol. The van der Waals surface area contributed by atoms with Gasteiger partial charge in [-0.25, -0.2) is 0 Å². The Hall–Kier alpha value is -0.630. The van der Waals surface area contributed by atoms with Gasteiger partial charge in [-0.3, -0.25) is 4.79 Å². The van der Waals surface area contributed by atoms with Gasteiger partial charge in [-0.15, -0.1) is 0 Å². The molecule has 64 valence electrons. The highest BCUT2D eigenvalue weighted by atomic mass is 16.1. The van der Waals surface area contributed by atoms with E-state index in [0.29, 0.717) is 11.5 Å². The minimum atomic E-state index is 0.174. The van der Waals surface area contributed by atoms with Gasteiger partial charge in [0.2, 0.25) is 0 Å². The predicted octanol–water partition coefficient (Wildman–Crippen LogP) is 1.33. The van der Waals surface area contributed by atoms with E-state index in [1.807, 2.05) is 19.0 Å². The molecule has 0 spiro atoms. The Morgan fingerprint density at radius 2 is 1.91 bits per heavy atom. The number of carbonyl (C=O) groups excluding carboxylic acids is 1. The highest BCUT2D eigenvalue weighted by molar-refractivity contribution is 5.74. The lowest BCUT2D eigenvalue weighted by atomic mass is 9.97. The number of hydrogen-bond donors (Lipinski definition) is 0. The fraction of sp³-hybridized carbons (Fsp3) is 0.667. The van der Waals surface area contributed by atoms with Crippen molar-refractivity contribution in [3.8, 4) is 0 Å². The molecule has 0 N–H and O–H groups in total. The summed E-state index contributed by atoms with van der Waals surface area (Å²) in [6, 6.07) is 0.174. The molecule has 0 aromatic carbocycles. The highest BCUT2D eigenvalue weighted by Crippen LogP contribution is 2.13. The summed E-state index contributed by atoms with van der Waals surface area (Å²) in [4.78, 5) is 12.4. The SMILES string of the molecule is C=C(C=O)C(C(C)C)N(C)C. The minimum absolute atomic E-state index is 0.174. The van der Waals surface area contributed by atoms with Crippen molar-refractivity contribution in [1.82, 2.24) is 4.90 Å². The van der Waals surface area contributed by atoms with Crippen LogP contribution in [0.1, 0.15) is 13.8 Å². The smallest absolute Gasteiger partial charge is 0.147 e. The van der Waals surface area contributed by atoms with Crippen molar-refractivity contribution in [1.29, 1.82) is 0 Å². The lowest BCUT2D eigenvalue weighted by molar-refractivity contribution is -0.105. The zero-order chi connectivity index (χ0) is 9.02. The first kappa shape index (κ1) is 10.4. The van der Waals surface area contributed by atoms with Crippen molar-refractivity contribution >= 4 is 6.29 Å². The maximum atomic E-state index is 10.4. The molecular weight excluding hydrogens is 138 g/mol. The van der Waals surface area contributed by atoms with Crippen molar-refractivity contribution < 1.29 is 4.79 Å². The Kier molecular flexibility index (Phi) is 4.04. The lowest BCUT2D eigenvalue weighted by Gasteiger charge is -2.27. The fourth-order valence-corrected chi connectivity index (χ4v) is 1.43. The van der Waals surface area contributed by atoms with Crippen molar-refractivity contribution in [3.05, 3.63) is 12.2 Å². The van der Waals surface area contributed by atoms with Gasteiger partial charge in [-0.2, -0.15) is 0 Å². The summed E-state index contributed by atoms with van der Waals surface area (Å²) in [6.45, 7) is 7.87. The monoisotopic (exact) mass is 155 g/mol. The molecule has 2 nitrogen and oxygen atoms in total. The summed E-state index contributed by atoms with van der Waals surface area (Å²) in [5.41, 5.74) is 0.657. The Morgan fingerprint density at radius 3 is 2.00 bits per heavy atom. The Labute approximate surface area is 68.9 Å². The maximum Gasteiger partial charge on any atom is 0.147 e. The first-order valence-corrected chi connectivity index (χ1v) is 3.81. The summed E-state index contributed by atoms with van der Waals surface area (Å²) in [6.07, 6.45) is 0.838. The van der Waals surface area contributed by atoms with Gasteiger partial charge >= 0.3 is 0 Å². The molecular formula is C9H17NO. The highest BCUT2D eigenvalue weighted by Gasteiger charge is 2.17. The van der Waals surface area contributed by atoms with E-state index in [9.17, 15) is 4.79 Å². The van der Waals surface area contributed by atoms with E-state index in [-0.39, 0.29) is 6.04 Å². The van der Waals surface area contributed by atoms with Crippen molar-refractivity contribution in [2.24, 2.45) is 5.92 Å². The van der Waals surface area contributed by atoms with Gasteiger partial charge in [0, 0.05) is 11.6 Å². The van der Waals surface area contributed by atoms with Crippen molar-refractivity contribution in [2.45, 2.75) is 19.9 Å². The molecule has 0 rings (SSSR count). The number of rotatable bonds is 4. The van der Waals surface area contributed by atoms with Crippen LogP contribution in [0.2, 0.25) is 0 Å². The van der Waals surface area contributed by atoms with E-state index >= 15 is 0 Å². The molecule has 0 fully saturated rings. The van der Waals surface area contributed by atoms with E-state index in [2.05, 4.69) is 20.4 Å². The molecule has 0 aromatic heterocycles. The van der Waals surface area contributed by atoms with Gasteiger partial charge < -0.3 is 4.90 Å². The summed E-state index contributed by atoms with van der Waals surface area (Å²) in [5, 5.41) is 0. The molecule has 0 aliphatic carbocycles. The van der Waals surface area contributed by atoms with E-state index in [1.54, 1.807) is 0 Å². The van der Waals surface area contributed by atoms with Gasteiger partial charge in [0.15, 0.2) is 0 Å². The molecule has 0 radical (unpaired) electrons. The third kappa shape index (κ3) is 2.85. The van der Waals surface area contributed by atoms with Crippen LogP contribution in [0, 0.1) is 5.92 Å². The molecule has 2 heteroatoms. The molecule has 0 amide bonds. The average Bonchev–Trinajstić information content (AvgIpc) is 1.85. The zero-order valence-corrected chi connectivity index (χ0v) is 7.79. The molecule has 11 heavy (non-hydrogen) atoms. The second-order valence-corrected chi connectivity index (χ2v) is 3.35. The minimum Gasteiger partial charge on any atom is -0.302 e. The van der Waals surface area contributed by atoms with Crippen LogP contribution in [0.5, 0.6) is 0 Å². The first-order chi connectivity index (χ1) is 5.00. The topological polar surface area (TPSA) is 20.3 Å². The fourth-order valence-electron chi connectivity index (χ4n) is 1.43. The molecule has 0 saturated heterocycles. The quantitative estimate of drug-likeness (QED) is 0.451. The van der Waals surface area contributed by atoms with Crippen LogP contribution in [-0.4, -0.2) is 31.3 Å². The standard InChI is InChI=1S/C9H17NO/c1-7(2)9(10(4)5)8(3)6-11/h6-7,9H,3H2,1-2,4-5H3. The number of carbonyl (C=O) groups is 1. The van der Waals surface area contributed by atoms with E-state index in [0.717, 1.165) is 6.29 Å². The Balaban J connectivity index is 4.33.